The molecule has 2 amide bonds. The van der Waals surface area contributed by atoms with Crippen molar-refractivity contribution in [1.82, 2.24) is 0 Å². The molecule has 0 aromatic heterocycles. The monoisotopic (exact) mass is 524 g/mol. The van der Waals surface area contributed by atoms with Gasteiger partial charge in [0.25, 0.3) is 5.91 Å². The number of benzene rings is 4. The molecule has 0 radical (unpaired) electrons. The molecule has 9 heteroatoms. The number of halogens is 4. The molecular formula is C28H20F4N2O2S. The number of carbonyl (C=O) groups excluding carboxylic acids is 2. The summed E-state index contributed by atoms with van der Waals surface area (Å²) in [7, 11) is 0. The smallest absolute Gasteiger partial charge is 0.325 e. The van der Waals surface area contributed by atoms with Gasteiger partial charge in [-0.15, -0.1) is 11.8 Å². The lowest BCUT2D eigenvalue weighted by Crippen LogP contribution is -2.19. The number of anilines is 2. The van der Waals surface area contributed by atoms with Gasteiger partial charge >= 0.3 is 6.18 Å². The minimum absolute atomic E-state index is 0.0293. The molecule has 4 aromatic carbocycles. The van der Waals surface area contributed by atoms with Crippen molar-refractivity contribution in [1.29, 1.82) is 0 Å². The second-order valence-corrected chi connectivity index (χ2v) is 9.14. The molecule has 4 nitrogen and oxygen atoms in total. The van der Waals surface area contributed by atoms with Crippen molar-refractivity contribution in [2.24, 2.45) is 0 Å². The van der Waals surface area contributed by atoms with Crippen LogP contribution >= 0.6 is 11.8 Å². The fraction of sp³-hybridized carbons (Fsp3) is 0.0714. The first-order valence-electron chi connectivity index (χ1n) is 11.1. The molecule has 4 aromatic rings. The van der Waals surface area contributed by atoms with Crippen LogP contribution in [-0.2, 0) is 11.0 Å². The number of amides is 2. The summed E-state index contributed by atoms with van der Waals surface area (Å²) in [5.74, 6) is -1.38. The van der Waals surface area contributed by atoms with Gasteiger partial charge in [0.15, 0.2) is 0 Å². The van der Waals surface area contributed by atoms with Crippen LogP contribution in [0.25, 0.3) is 0 Å². The van der Waals surface area contributed by atoms with E-state index in [0.29, 0.717) is 16.1 Å². The van der Waals surface area contributed by atoms with Gasteiger partial charge in [-0.2, -0.15) is 13.2 Å². The zero-order chi connectivity index (χ0) is 26.4. The number of hydrogen-bond donors (Lipinski definition) is 2. The number of hydrogen-bond acceptors (Lipinski definition) is 3. The summed E-state index contributed by atoms with van der Waals surface area (Å²) >= 11 is 1.18. The molecule has 0 aliphatic rings. The van der Waals surface area contributed by atoms with Gasteiger partial charge in [0.1, 0.15) is 11.1 Å². The van der Waals surface area contributed by atoms with Gasteiger partial charge < -0.3 is 10.6 Å². The maximum absolute atomic E-state index is 13.2. The highest BCUT2D eigenvalue weighted by molar-refractivity contribution is 8.00. The van der Waals surface area contributed by atoms with Crippen molar-refractivity contribution in [3.63, 3.8) is 0 Å². The number of thioether (sulfide) groups is 1. The normalized spacial score (nSPS) is 12.0. The number of nitrogens with one attached hydrogen (secondary N) is 2. The van der Waals surface area contributed by atoms with Crippen LogP contribution in [0.2, 0.25) is 0 Å². The molecular weight excluding hydrogens is 504 g/mol. The van der Waals surface area contributed by atoms with Crippen LogP contribution in [0.1, 0.15) is 26.7 Å². The van der Waals surface area contributed by atoms with E-state index in [4.69, 9.17) is 0 Å². The van der Waals surface area contributed by atoms with E-state index in [1.54, 1.807) is 54.6 Å². The molecule has 37 heavy (non-hydrogen) atoms. The standard InChI is InChI=1S/C28H20F4N2O2S/c29-21-14-12-19(13-15-21)26(35)33-23-10-5-11-24(17-23)37-25(18-6-2-1-3-7-18)27(36)34-22-9-4-8-20(16-22)28(30,31)32/h1-17,25H,(H,33,35)(H,34,36). The number of carbonyl (C=O) groups is 2. The molecule has 188 valence electrons. The molecule has 1 unspecified atom stereocenters. The van der Waals surface area contributed by atoms with E-state index in [0.717, 1.165) is 12.1 Å². The molecule has 0 saturated heterocycles. The van der Waals surface area contributed by atoms with Gasteiger partial charge in [0.2, 0.25) is 5.91 Å². The Morgan fingerprint density at radius 3 is 2.05 bits per heavy atom. The SMILES string of the molecule is O=C(Nc1cccc(SC(C(=O)Nc2cccc(C(F)(F)F)c2)c2ccccc2)c1)c1ccc(F)cc1. The second-order valence-electron chi connectivity index (χ2n) is 7.97. The molecule has 1 atom stereocenters. The lowest BCUT2D eigenvalue weighted by atomic mass is 10.1. The number of alkyl halides is 3. The van der Waals surface area contributed by atoms with Gasteiger partial charge in [0, 0.05) is 21.8 Å². The molecule has 0 saturated carbocycles. The molecule has 0 fully saturated rings. The minimum Gasteiger partial charge on any atom is -0.325 e. The first kappa shape index (κ1) is 26.0. The lowest BCUT2D eigenvalue weighted by molar-refractivity contribution is -0.137. The Morgan fingerprint density at radius 1 is 0.730 bits per heavy atom. The quantitative estimate of drug-likeness (QED) is 0.194. The van der Waals surface area contributed by atoms with Crippen LogP contribution < -0.4 is 10.6 Å². The zero-order valence-corrected chi connectivity index (χ0v) is 19.9. The summed E-state index contributed by atoms with van der Waals surface area (Å²) in [5, 5.41) is 4.53. The minimum atomic E-state index is -4.53. The van der Waals surface area contributed by atoms with E-state index in [-0.39, 0.29) is 11.3 Å². The average molecular weight is 525 g/mol. The first-order valence-corrected chi connectivity index (χ1v) is 11.9. The maximum atomic E-state index is 13.2. The molecule has 0 bridgehead atoms. The Balaban J connectivity index is 1.54. The van der Waals surface area contributed by atoms with Crippen LogP contribution in [0, 0.1) is 5.82 Å². The van der Waals surface area contributed by atoms with Crippen molar-refractivity contribution in [3.05, 3.63) is 126 Å². The van der Waals surface area contributed by atoms with Crippen molar-refractivity contribution >= 4 is 35.0 Å². The van der Waals surface area contributed by atoms with E-state index in [2.05, 4.69) is 10.6 Å². The summed E-state index contributed by atoms with van der Waals surface area (Å²) in [6.45, 7) is 0. The van der Waals surface area contributed by atoms with E-state index < -0.39 is 34.6 Å². The van der Waals surface area contributed by atoms with Crippen LogP contribution in [0.3, 0.4) is 0 Å². The topological polar surface area (TPSA) is 58.2 Å². The van der Waals surface area contributed by atoms with Crippen LogP contribution in [0.4, 0.5) is 28.9 Å². The second kappa shape index (κ2) is 11.3. The van der Waals surface area contributed by atoms with E-state index in [9.17, 15) is 27.2 Å². The van der Waals surface area contributed by atoms with Crippen molar-refractivity contribution in [3.8, 4) is 0 Å². The Hall–Kier alpha value is -4.11. The van der Waals surface area contributed by atoms with Crippen molar-refractivity contribution in [2.75, 3.05) is 10.6 Å². The van der Waals surface area contributed by atoms with Gasteiger partial charge in [-0.1, -0.05) is 42.5 Å². The third-order valence-electron chi connectivity index (χ3n) is 5.25. The Kier molecular flexibility index (Phi) is 7.93. The van der Waals surface area contributed by atoms with Crippen molar-refractivity contribution < 1.29 is 27.2 Å². The van der Waals surface area contributed by atoms with Crippen LogP contribution in [0.5, 0.6) is 0 Å². The zero-order valence-electron chi connectivity index (χ0n) is 19.1. The van der Waals surface area contributed by atoms with E-state index in [1.807, 2.05) is 0 Å². The molecule has 2 N–H and O–H groups in total. The Morgan fingerprint density at radius 2 is 1.38 bits per heavy atom. The largest absolute Gasteiger partial charge is 0.416 e. The molecule has 0 heterocycles. The predicted octanol–water partition coefficient (Wildman–Crippen LogP) is 7.57. The van der Waals surface area contributed by atoms with E-state index in [1.165, 1.54) is 48.2 Å². The van der Waals surface area contributed by atoms with Crippen LogP contribution in [0.15, 0.2) is 108 Å². The highest BCUT2D eigenvalue weighted by atomic mass is 32.2. The third-order valence-corrected chi connectivity index (χ3v) is 6.50. The van der Waals surface area contributed by atoms with Crippen LogP contribution in [-0.4, -0.2) is 11.8 Å². The summed E-state index contributed by atoms with van der Waals surface area (Å²) in [6, 6.07) is 25.2. The fourth-order valence-electron chi connectivity index (χ4n) is 3.47. The number of rotatable bonds is 7. The van der Waals surface area contributed by atoms with Gasteiger partial charge in [-0.05, 0) is 66.2 Å². The highest BCUT2D eigenvalue weighted by Crippen LogP contribution is 2.38. The third kappa shape index (κ3) is 6.98. The first-order chi connectivity index (χ1) is 17.7. The molecule has 4 rings (SSSR count). The lowest BCUT2D eigenvalue weighted by Gasteiger charge is -2.18. The van der Waals surface area contributed by atoms with Gasteiger partial charge in [-0.25, -0.2) is 4.39 Å². The van der Waals surface area contributed by atoms with E-state index >= 15 is 0 Å². The fourth-order valence-corrected chi connectivity index (χ4v) is 4.55. The highest BCUT2D eigenvalue weighted by Gasteiger charge is 2.31. The maximum Gasteiger partial charge on any atom is 0.416 e. The van der Waals surface area contributed by atoms with Crippen molar-refractivity contribution in [2.45, 2.75) is 16.3 Å². The summed E-state index contributed by atoms with van der Waals surface area (Å²) in [5.41, 5.74) is 0.560. The van der Waals surface area contributed by atoms with Gasteiger partial charge in [-0.3, -0.25) is 9.59 Å². The summed E-state index contributed by atoms with van der Waals surface area (Å²) in [6.07, 6.45) is -4.53. The predicted molar refractivity (Wildman–Crippen MR) is 136 cm³/mol. The summed E-state index contributed by atoms with van der Waals surface area (Å²) in [4.78, 5) is 26.4. The Labute approximate surface area is 214 Å². The molecule has 0 aliphatic heterocycles. The summed E-state index contributed by atoms with van der Waals surface area (Å²) < 4.78 is 52.5. The average Bonchev–Trinajstić information content (AvgIpc) is 2.88. The molecule has 0 aliphatic carbocycles. The Bertz CT molecular complexity index is 1390. The molecule has 0 spiro atoms. The van der Waals surface area contributed by atoms with Gasteiger partial charge in [0.05, 0.1) is 5.56 Å².